The molecule has 8 heavy (non-hydrogen) atoms. The summed E-state index contributed by atoms with van der Waals surface area (Å²) in [6.07, 6.45) is 0. The van der Waals surface area contributed by atoms with Crippen molar-refractivity contribution in [2.24, 2.45) is 0 Å². The van der Waals surface area contributed by atoms with Gasteiger partial charge in [0.2, 0.25) is 0 Å². The van der Waals surface area contributed by atoms with Gasteiger partial charge in [0.1, 0.15) is 0 Å². The van der Waals surface area contributed by atoms with E-state index < -0.39 is 0 Å². The first-order chi connectivity index (χ1) is 3.80. The first kappa shape index (κ1) is 5.54. The van der Waals surface area contributed by atoms with Crippen molar-refractivity contribution in [2.75, 3.05) is 11.5 Å². The fraction of sp³-hybridized carbons (Fsp3) is 0. The van der Waals surface area contributed by atoms with Gasteiger partial charge in [0.05, 0.1) is 0 Å². The van der Waals surface area contributed by atoms with Crippen LogP contribution in [0.15, 0.2) is 5.96 Å². The summed E-state index contributed by atoms with van der Waals surface area (Å²) in [6.45, 7) is 5.48. The van der Waals surface area contributed by atoms with Crippen molar-refractivity contribution in [3.63, 3.8) is 0 Å². The van der Waals surface area contributed by atoms with Gasteiger partial charge >= 0.3 is 49.0 Å². The predicted octanol–water partition coefficient (Wildman–Crippen LogP) is -1.13. The molecule has 1 aromatic rings. The number of hydrogen-bond acceptors (Lipinski definition) is 2. The van der Waals surface area contributed by atoms with Crippen LogP contribution in [-0.4, -0.2) is 20.3 Å². The van der Waals surface area contributed by atoms with E-state index in [0.717, 1.165) is 0 Å². The van der Waals surface area contributed by atoms with Gasteiger partial charge in [-0.3, -0.25) is 0 Å². The Morgan fingerprint density at radius 2 is 2.12 bits per heavy atom. The number of nitrogens with two attached hydrogens (primary N) is 2. The third-order valence-corrected chi connectivity index (χ3v) is 0.996. The molecule has 1 rings (SSSR count). The molecule has 1 heterocycles. The van der Waals surface area contributed by atoms with Gasteiger partial charge < -0.3 is 0 Å². The van der Waals surface area contributed by atoms with Crippen LogP contribution in [-0.2, 0) is 0 Å². The zero-order valence-electron chi connectivity index (χ0n) is 4.46. The molecule has 4 N–H and O–H groups in total. The zero-order valence-corrected chi connectivity index (χ0v) is 4.46. The van der Waals surface area contributed by atoms with E-state index >= 15 is 0 Å². The van der Waals surface area contributed by atoms with Crippen molar-refractivity contribution in [3.05, 3.63) is 5.96 Å². The molecular formula is C3H5B3N2. The molecule has 2 nitrogen and oxygen atoms in total. The van der Waals surface area contributed by atoms with E-state index in [-0.39, 0.29) is 0 Å². The Balaban J connectivity index is 3.13. The molecule has 0 atom stereocenters. The van der Waals surface area contributed by atoms with Crippen molar-refractivity contribution >= 4 is 31.5 Å². The second-order valence-corrected chi connectivity index (χ2v) is 1.63. The van der Waals surface area contributed by atoms with E-state index in [4.69, 9.17) is 11.5 Å². The van der Waals surface area contributed by atoms with Gasteiger partial charge in [0.15, 0.2) is 0 Å². The van der Waals surface area contributed by atoms with Crippen LogP contribution in [0.5, 0.6) is 0 Å². The molecule has 5 heteroatoms. The Hall–Kier alpha value is -0.595. The van der Waals surface area contributed by atoms with Crippen LogP contribution in [0.3, 0.4) is 0 Å². The summed E-state index contributed by atoms with van der Waals surface area (Å²) in [5.41, 5.74) is 12.1. The first-order valence-electron chi connectivity index (χ1n) is 2.40. The van der Waals surface area contributed by atoms with Gasteiger partial charge in [-0.2, -0.15) is 0 Å². The third kappa shape index (κ3) is 0.969. The normalized spacial score (nSPS) is 7.50. The Morgan fingerprint density at radius 3 is 2.50 bits per heavy atom. The molecule has 0 fully saturated rings. The van der Waals surface area contributed by atoms with Crippen LogP contribution in [0.2, 0.25) is 0 Å². The van der Waals surface area contributed by atoms with Crippen molar-refractivity contribution < 1.29 is 0 Å². The van der Waals surface area contributed by atoms with Crippen molar-refractivity contribution in [1.29, 1.82) is 0 Å². The number of nitrogen functional groups attached to an aromatic ring is 2. The molecule has 0 aromatic carbocycles. The summed E-state index contributed by atoms with van der Waals surface area (Å²) in [5, 5.41) is 0. The first-order valence-corrected chi connectivity index (χ1v) is 2.40. The van der Waals surface area contributed by atoms with Gasteiger partial charge in [-0.25, -0.2) is 0 Å². The maximum atomic E-state index is 5.39. The van der Waals surface area contributed by atoms with Gasteiger partial charge in [0.25, 0.3) is 0 Å². The van der Waals surface area contributed by atoms with Crippen molar-refractivity contribution in [1.82, 2.24) is 0 Å². The summed E-state index contributed by atoms with van der Waals surface area (Å²) in [5.74, 6) is 1.77. The zero-order chi connectivity index (χ0) is 5.98. The molecule has 0 aliphatic carbocycles. The van der Waals surface area contributed by atoms with E-state index in [1.54, 1.807) is 12.8 Å². The van der Waals surface area contributed by atoms with E-state index in [2.05, 4.69) is 0 Å². The molecule has 0 saturated carbocycles. The van der Waals surface area contributed by atoms with Crippen molar-refractivity contribution in [3.8, 4) is 0 Å². The van der Waals surface area contributed by atoms with Gasteiger partial charge in [-0.15, -0.1) is 0 Å². The second kappa shape index (κ2) is 2.12. The van der Waals surface area contributed by atoms with Gasteiger partial charge in [0, 0.05) is 0 Å². The standard InChI is InChI=1S/C3H5B3N2/c7-2-1-4-6-5-3(2)8/h1H,7-8H2. The van der Waals surface area contributed by atoms with E-state index in [1.807, 2.05) is 13.5 Å². The predicted molar refractivity (Wildman–Crippen MR) is 39.3 cm³/mol. The SMILES string of the molecule is Nc1bbbcc1N. The fourth-order valence-corrected chi connectivity index (χ4v) is 0.511. The topological polar surface area (TPSA) is 52.0 Å². The monoisotopic (exact) mass is 102 g/mol. The molecule has 1 aromatic heterocycles. The molecule has 0 radical (unpaired) electrons. The van der Waals surface area contributed by atoms with Crippen molar-refractivity contribution in [2.45, 2.75) is 0 Å². The van der Waals surface area contributed by atoms with Crippen LogP contribution in [0.1, 0.15) is 0 Å². The fourth-order valence-electron chi connectivity index (χ4n) is 0.511. The van der Waals surface area contributed by atoms with E-state index in [9.17, 15) is 0 Å². The second-order valence-electron chi connectivity index (χ2n) is 1.63. The summed E-state index contributed by atoms with van der Waals surface area (Å²) in [7, 11) is 0. The molecule has 0 aliphatic rings. The number of hydrogen-bond donors (Lipinski definition) is 2. The van der Waals surface area contributed by atoms with Gasteiger partial charge in [-0.1, -0.05) is 0 Å². The van der Waals surface area contributed by atoms with Crippen LogP contribution in [0.4, 0.5) is 11.3 Å². The molecule has 0 bridgehead atoms. The van der Waals surface area contributed by atoms with Gasteiger partial charge in [-0.05, 0) is 0 Å². The quantitative estimate of drug-likeness (QED) is 0.434. The van der Waals surface area contributed by atoms with Crippen LogP contribution in [0.25, 0.3) is 0 Å². The summed E-state index contributed by atoms with van der Waals surface area (Å²) < 4.78 is 0. The third-order valence-electron chi connectivity index (χ3n) is 0.996. The van der Waals surface area contributed by atoms with E-state index in [0.29, 0.717) is 11.3 Å². The van der Waals surface area contributed by atoms with Crippen LogP contribution < -0.4 is 11.5 Å². The Kier molecular flexibility index (Phi) is 1.46. The van der Waals surface area contributed by atoms with Crippen LogP contribution >= 0.6 is 0 Å². The molecule has 36 valence electrons. The van der Waals surface area contributed by atoms with Crippen LogP contribution in [0, 0.1) is 0 Å². The number of rotatable bonds is 0. The number of anilines is 2. The molecule has 0 unspecified atom stereocenters. The van der Waals surface area contributed by atoms with E-state index in [1.165, 1.54) is 0 Å². The average Bonchev–Trinajstić information content (AvgIpc) is 1.77. The molecule has 0 spiro atoms. The summed E-state index contributed by atoms with van der Waals surface area (Å²) >= 11 is 0. The Labute approximate surface area is 49.9 Å². The minimum absolute atomic E-state index is 0.646. The summed E-state index contributed by atoms with van der Waals surface area (Å²) in [4.78, 5) is 0. The summed E-state index contributed by atoms with van der Waals surface area (Å²) in [6, 6.07) is 0. The Bertz CT molecular complexity index is 169. The minimum atomic E-state index is 0.646. The maximum absolute atomic E-state index is 5.39. The molecule has 0 aliphatic heterocycles. The molecular weight excluding hydrogens is 96.5 g/mol. The molecule has 0 saturated heterocycles. The molecule has 0 amide bonds. The Morgan fingerprint density at radius 1 is 1.38 bits per heavy atom. The average molecular weight is 102 g/mol.